The highest BCUT2D eigenvalue weighted by molar-refractivity contribution is 5.96. The van der Waals surface area contributed by atoms with Gasteiger partial charge in [-0.1, -0.05) is 33.8 Å². The summed E-state index contributed by atoms with van der Waals surface area (Å²) >= 11 is 0. The summed E-state index contributed by atoms with van der Waals surface area (Å²) in [5.41, 5.74) is 0.859. The van der Waals surface area contributed by atoms with Crippen molar-refractivity contribution in [2.75, 3.05) is 13.3 Å². The molecule has 0 bridgehead atoms. The third-order valence-corrected chi connectivity index (χ3v) is 4.99. The molecule has 0 spiro atoms. The molecular formula is C22H30N2O4. The second-order valence-electron chi connectivity index (χ2n) is 8.42. The van der Waals surface area contributed by atoms with Gasteiger partial charge in [-0.2, -0.15) is 0 Å². The van der Waals surface area contributed by atoms with Crippen molar-refractivity contribution >= 4 is 17.9 Å². The van der Waals surface area contributed by atoms with Gasteiger partial charge in [0.1, 0.15) is 6.04 Å². The Kier molecular flexibility index (Phi) is 6.27. The van der Waals surface area contributed by atoms with Crippen molar-refractivity contribution in [3.8, 4) is 11.5 Å². The van der Waals surface area contributed by atoms with Crippen LogP contribution in [0.2, 0.25) is 0 Å². The Morgan fingerprint density at radius 2 is 1.89 bits per heavy atom. The number of carbonyl (C=O) groups is 2. The SMILES string of the molecule is CC(C)C[C@H]1CN(C(=O)/C=C/c2ccc3c(c2)OCO3)[C@@H](CC(C)C)C(=O)N1. The molecule has 3 rings (SSSR count). The molecule has 2 aliphatic heterocycles. The molecule has 0 aromatic heterocycles. The summed E-state index contributed by atoms with van der Waals surface area (Å²) in [7, 11) is 0. The highest BCUT2D eigenvalue weighted by atomic mass is 16.7. The van der Waals surface area contributed by atoms with Crippen LogP contribution in [0, 0.1) is 11.8 Å². The van der Waals surface area contributed by atoms with E-state index in [0.717, 1.165) is 12.0 Å². The standard InChI is InChI=1S/C22H30N2O4/c1-14(2)9-17-12-24(18(10-15(3)4)22(26)23-17)21(25)8-6-16-5-7-19-20(11-16)28-13-27-19/h5-8,11,14-15,17-18H,9-10,12-13H2,1-4H3,(H,23,26)/b8-6+/t17-,18-/m0/s1. The lowest BCUT2D eigenvalue weighted by atomic mass is 9.95. The number of ether oxygens (including phenoxy) is 2. The van der Waals surface area contributed by atoms with Crippen LogP contribution in [0.4, 0.5) is 0 Å². The number of benzene rings is 1. The van der Waals surface area contributed by atoms with Crippen molar-refractivity contribution in [3.05, 3.63) is 29.8 Å². The lowest BCUT2D eigenvalue weighted by molar-refractivity contribution is -0.142. The molecule has 6 heteroatoms. The molecule has 1 N–H and O–H groups in total. The van der Waals surface area contributed by atoms with E-state index < -0.39 is 6.04 Å². The molecule has 6 nitrogen and oxygen atoms in total. The summed E-state index contributed by atoms with van der Waals surface area (Å²) in [6.07, 6.45) is 4.83. The Bertz CT molecular complexity index is 757. The minimum atomic E-state index is -0.419. The van der Waals surface area contributed by atoms with Gasteiger partial charge in [-0.15, -0.1) is 0 Å². The zero-order valence-electron chi connectivity index (χ0n) is 17.1. The largest absolute Gasteiger partial charge is 0.454 e. The molecule has 1 aromatic rings. The fourth-order valence-electron chi connectivity index (χ4n) is 3.76. The summed E-state index contributed by atoms with van der Waals surface area (Å²) in [6.45, 7) is 9.15. The molecule has 1 saturated heterocycles. The van der Waals surface area contributed by atoms with E-state index in [-0.39, 0.29) is 24.6 Å². The number of fused-ring (bicyclic) bond motifs is 1. The van der Waals surface area contributed by atoms with E-state index in [9.17, 15) is 9.59 Å². The zero-order valence-corrected chi connectivity index (χ0v) is 17.1. The Morgan fingerprint density at radius 1 is 1.18 bits per heavy atom. The smallest absolute Gasteiger partial charge is 0.247 e. The lowest BCUT2D eigenvalue weighted by Gasteiger charge is -2.40. The second-order valence-corrected chi connectivity index (χ2v) is 8.42. The number of carbonyl (C=O) groups excluding carboxylic acids is 2. The normalized spacial score (nSPS) is 21.6. The Morgan fingerprint density at radius 3 is 2.61 bits per heavy atom. The maximum atomic E-state index is 13.0. The van der Waals surface area contributed by atoms with Gasteiger partial charge in [-0.3, -0.25) is 9.59 Å². The van der Waals surface area contributed by atoms with Crippen LogP contribution in [-0.4, -0.2) is 42.1 Å². The highest BCUT2D eigenvalue weighted by Crippen LogP contribution is 2.32. The van der Waals surface area contributed by atoms with Gasteiger partial charge in [0.25, 0.3) is 0 Å². The van der Waals surface area contributed by atoms with Crippen LogP contribution < -0.4 is 14.8 Å². The van der Waals surface area contributed by atoms with E-state index >= 15 is 0 Å². The number of hydrogen-bond donors (Lipinski definition) is 1. The van der Waals surface area contributed by atoms with Gasteiger partial charge in [0.05, 0.1) is 0 Å². The third-order valence-electron chi connectivity index (χ3n) is 4.99. The number of hydrogen-bond acceptors (Lipinski definition) is 4. The van der Waals surface area contributed by atoms with Crippen molar-refractivity contribution in [1.29, 1.82) is 0 Å². The maximum Gasteiger partial charge on any atom is 0.247 e. The van der Waals surface area contributed by atoms with Gasteiger partial charge >= 0.3 is 0 Å². The van der Waals surface area contributed by atoms with Crippen LogP contribution in [-0.2, 0) is 9.59 Å². The summed E-state index contributed by atoms with van der Waals surface area (Å²) in [5.74, 6) is 1.99. The first-order valence-corrected chi connectivity index (χ1v) is 10.0. The predicted octanol–water partition coefficient (Wildman–Crippen LogP) is 3.22. The van der Waals surface area contributed by atoms with Gasteiger partial charge in [-0.25, -0.2) is 0 Å². The van der Waals surface area contributed by atoms with Gasteiger partial charge in [0, 0.05) is 18.7 Å². The molecule has 0 saturated carbocycles. The quantitative estimate of drug-likeness (QED) is 0.763. The lowest BCUT2D eigenvalue weighted by Crippen LogP contribution is -2.61. The average molecular weight is 386 g/mol. The molecule has 1 aromatic carbocycles. The topological polar surface area (TPSA) is 67.9 Å². The van der Waals surface area contributed by atoms with Gasteiger partial charge in [0.15, 0.2) is 11.5 Å². The van der Waals surface area contributed by atoms with Gasteiger partial charge < -0.3 is 19.7 Å². The summed E-state index contributed by atoms with van der Waals surface area (Å²) in [5, 5.41) is 3.10. The molecule has 2 amide bonds. The Labute approximate surface area is 166 Å². The minimum Gasteiger partial charge on any atom is -0.454 e. The summed E-state index contributed by atoms with van der Waals surface area (Å²) < 4.78 is 10.7. The van der Waals surface area contributed by atoms with Crippen molar-refractivity contribution in [1.82, 2.24) is 10.2 Å². The average Bonchev–Trinajstić information content (AvgIpc) is 3.08. The molecule has 1 fully saturated rings. The van der Waals surface area contributed by atoms with E-state index in [4.69, 9.17) is 9.47 Å². The first-order valence-electron chi connectivity index (χ1n) is 10.0. The first-order chi connectivity index (χ1) is 13.3. The first kappa shape index (κ1) is 20.2. The minimum absolute atomic E-state index is 0.00111. The fraction of sp³-hybridized carbons (Fsp3) is 0.545. The number of nitrogens with zero attached hydrogens (tertiary/aromatic N) is 1. The van der Waals surface area contributed by atoms with Crippen LogP contribution in [0.1, 0.15) is 46.1 Å². The maximum absolute atomic E-state index is 13.0. The molecule has 0 unspecified atom stereocenters. The number of amides is 2. The summed E-state index contributed by atoms with van der Waals surface area (Å²) in [4.78, 5) is 27.4. The molecule has 2 aliphatic rings. The van der Waals surface area contributed by atoms with E-state index in [1.165, 1.54) is 0 Å². The van der Waals surface area contributed by atoms with Crippen molar-refractivity contribution < 1.29 is 19.1 Å². The molecule has 2 atom stereocenters. The summed E-state index contributed by atoms with van der Waals surface area (Å²) in [6, 6.07) is 5.15. The van der Waals surface area contributed by atoms with Crippen LogP contribution >= 0.6 is 0 Å². The van der Waals surface area contributed by atoms with Crippen molar-refractivity contribution in [3.63, 3.8) is 0 Å². The number of rotatable bonds is 6. The van der Waals surface area contributed by atoms with Crippen LogP contribution in [0.3, 0.4) is 0 Å². The number of nitrogens with one attached hydrogen (secondary N) is 1. The van der Waals surface area contributed by atoms with Gasteiger partial charge in [-0.05, 0) is 48.4 Å². The Hall–Kier alpha value is -2.50. The molecule has 28 heavy (non-hydrogen) atoms. The third kappa shape index (κ3) is 4.86. The number of piperazine rings is 1. The van der Waals surface area contributed by atoms with Gasteiger partial charge in [0.2, 0.25) is 18.6 Å². The zero-order chi connectivity index (χ0) is 20.3. The van der Waals surface area contributed by atoms with Crippen LogP contribution in [0.5, 0.6) is 11.5 Å². The van der Waals surface area contributed by atoms with E-state index in [1.54, 1.807) is 17.1 Å². The molecule has 0 aliphatic carbocycles. The monoisotopic (exact) mass is 386 g/mol. The van der Waals surface area contributed by atoms with Crippen molar-refractivity contribution in [2.24, 2.45) is 11.8 Å². The predicted molar refractivity (Wildman–Crippen MR) is 108 cm³/mol. The molecular weight excluding hydrogens is 356 g/mol. The van der Waals surface area contributed by atoms with E-state index in [0.29, 0.717) is 36.3 Å². The van der Waals surface area contributed by atoms with Crippen LogP contribution in [0.15, 0.2) is 24.3 Å². The fourth-order valence-corrected chi connectivity index (χ4v) is 3.76. The Balaban J connectivity index is 1.75. The molecule has 2 heterocycles. The van der Waals surface area contributed by atoms with Crippen LogP contribution in [0.25, 0.3) is 6.08 Å². The molecule has 0 radical (unpaired) electrons. The van der Waals surface area contributed by atoms with E-state index in [2.05, 4.69) is 33.0 Å². The highest BCUT2D eigenvalue weighted by Gasteiger charge is 2.36. The molecule has 152 valence electrons. The van der Waals surface area contributed by atoms with E-state index in [1.807, 2.05) is 18.2 Å². The van der Waals surface area contributed by atoms with Crippen molar-refractivity contribution in [2.45, 2.75) is 52.6 Å². The second kappa shape index (κ2) is 8.67.